The molecule has 0 aliphatic carbocycles. The van der Waals surface area contributed by atoms with Crippen molar-refractivity contribution in [3.05, 3.63) is 35.4 Å². The third kappa shape index (κ3) is 5.09. The second kappa shape index (κ2) is 7.19. The molecule has 0 atom stereocenters. The van der Waals surface area contributed by atoms with Crippen molar-refractivity contribution in [2.45, 2.75) is 13.5 Å². The van der Waals surface area contributed by atoms with Gasteiger partial charge in [-0.15, -0.1) is 0 Å². The molecular weight excluding hydrogens is 220 g/mol. The number of methoxy groups -OCH3 is 1. The van der Waals surface area contributed by atoms with E-state index in [2.05, 4.69) is 35.8 Å². The topological polar surface area (TPSA) is 33.3 Å². The van der Waals surface area contributed by atoms with Crippen LogP contribution in [0.15, 0.2) is 24.3 Å². The summed E-state index contributed by atoms with van der Waals surface area (Å²) < 4.78 is 4.92. The van der Waals surface area contributed by atoms with Gasteiger partial charge < -0.3 is 15.4 Å². The molecule has 4 heteroatoms. The van der Waals surface area contributed by atoms with Gasteiger partial charge in [-0.1, -0.05) is 29.8 Å². The Labute approximate surface area is 102 Å². The summed E-state index contributed by atoms with van der Waals surface area (Å²) in [4.78, 5) is 0. The normalized spacial score (nSPS) is 9.88. The first kappa shape index (κ1) is 12.9. The van der Waals surface area contributed by atoms with Crippen molar-refractivity contribution in [1.82, 2.24) is 10.6 Å². The number of hydrogen-bond acceptors (Lipinski definition) is 2. The zero-order chi connectivity index (χ0) is 11.8. The van der Waals surface area contributed by atoms with Gasteiger partial charge in [0, 0.05) is 20.2 Å². The number of thiocarbonyl (C=S) groups is 1. The van der Waals surface area contributed by atoms with Crippen LogP contribution in [-0.4, -0.2) is 25.4 Å². The van der Waals surface area contributed by atoms with E-state index >= 15 is 0 Å². The summed E-state index contributed by atoms with van der Waals surface area (Å²) in [7, 11) is 1.67. The lowest BCUT2D eigenvalue weighted by atomic mass is 10.1. The van der Waals surface area contributed by atoms with Gasteiger partial charge in [0.05, 0.1) is 6.61 Å². The molecule has 2 N–H and O–H groups in total. The Kier molecular flexibility index (Phi) is 5.82. The highest BCUT2D eigenvalue weighted by molar-refractivity contribution is 7.80. The van der Waals surface area contributed by atoms with E-state index in [1.54, 1.807) is 7.11 Å². The number of ether oxygens (including phenoxy) is 1. The first-order valence-electron chi connectivity index (χ1n) is 5.28. The lowest BCUT2D eigenvalue weighted by Crippen LogP contribution is -2.36. The fourth-order valence-corrected chi connectivity index (χ4v) is 1.51. The van der Waals surface area contributed by atoms with Crippen molar-refractivity contribution in [3.63, 3.8) is 0 Å². The molecule has 0 amide bonds. The molecule has 1 aromatic carbocycles. The van der Waals surface area contributed by atoms with E-state index in [9.17, 15) is 0 Å². The molecule has 3 nitrogen and oxygen atoms in total. The standard InChI is InChI=1S/C12H18N2OS/c1-10-4-3-5-11(8-10)9-14-12(16)13-6-7-15-2/h3-5,8H,6-7,9H2,1-2H3,(H2,13,14,16). The maximum atomic E-state index is 5.12. The van der Waals surface area contributed by atoms with Crippen molar-refractivity contribution >= 4 is 17.3 Å². The van der Waals surface area contributed by atoms with E-state index in [-0.39, 0.29) is 0 Å². The Bertz CT molecular complexity index is 342. The second-order valence-electron chi connectivity index (χ2n) is 3.59. The Morgan fingerprint density at radius 3 is 2.88 bits per heavy atom. The Hall–Kier alpha value is -1.13. The van der Waals surface area contributed by atoms with Crippen molar-refractivity contribution in [2.75, 3.05) is 20.3 Å². The highest BCUT2D eigenvalue weighted by Crippen LogP contribution is 2.02. The van der Waals surface area contributed by atoms with Crippen LogP contribution in [0.25, 0.3) is 0 Å². The third-order valence-corrected chi connectivity index (χ3v) is 2.42. The Morgan fingerprint density at radius 2 is 2.19 bits per heavy atom. The van der Waals surface area contributed by atoms with Crippen LogP contribution in [0, 0.1) is 6.92 Å². The highest BCUT2D eigenvalue weighted by atomic mass is 32.1. The first-order valence-corrected chi connectivity index (χ1v) is 5.69. The summed E-state index contributed by atoms with van der Waals surface area (Å²) in [5.74, 6) is 0. The average molecular weight is 238 g/mol. The van der Waals surface area contributed by atoms with E-state index in [1.807, 2.05) is 6.07 Å². The van der Waals surface area contributed by atoms with Gasteiger partial charge in [0.15, 0.2) is 5.11 Å². The van der Waals surface area contributed by atoms with Gasteiger partial charge in [-0.05, 0) is 24.7 Å². The van der Waals surface area contributed by atoms with Gasteiger partial charge in [-0.2, -0.15) is 0 Å². The molecular formula is C12H18N2OS. The number of benzene rings is 1. The van der Waals surface area contributed by atoms with E-state index in [1.165, 1.54) is 11.1 Å². The summed E-state index contributed by atoms with van der Waals surface area (Å²) in [5.41, 5.74) is 2.49. The molecule has 0 aromatic heterocycles. The predicted octanol–water partition coefficient (Wildman–Crippen LogP) is 1.61. The fourth-order valence-electron chi connectivity index (χ4n) is 1.33. The van der Waals surface area contributed by atoms with Crippen LogP contribution in [-0.2, 0) is 11.3 Å². The largest absolute Gasteiger partial charge is 0.383 e. The molecule has 0 saturated carbocycles. The van der Waals surface area contributed by atoms with Crippen molar-refractivity contribution < 1.29 is 4.74 Å². The molecule has 88 valence electrons. The SMILES string of the molecule is COCCNC(=S)NCc1cccc(C)c1. The maximum Gasteiger partial charge on any atom is 0.166 e. The van der Waals surface area contributed by atoms with Gasteiger partial charge in [0.2, 0.25) is 0 Å². The van der Waals surface area contributed by atoms with Crippen molar-refractivity contribution in [2.24, 2.45) is 0 Å². The molecule has 0 spiro atoms. The van der Waals surface area contributed by atoms with Crippen molar-refractivity contribution in [3.8, 4) is 0 Å². The van der Waals surface area contributed by atoms with Gasteiger partial charge in [0.1, 0.15) is 0 Å². The fraction of sp³-hybridized carbons (Fsp3) is 0.417. The predicted molar refractivity (Wildman–Crippen MR) is 70.5 cm³/mol. The van der Waals surface area contributed by atoms with E-state index in [4.69, 9.17) is 17.0 Å². The molecule has 0 aliphatic rings. The van der Waals surface area contributed by atoms with Crippen LogP contribution in [0.2, 0.25) is 0 Å². The zero-order valence-electron chi connectivity index (χ0n) is 9.75. The molecule has 0 fully saturated rings. The Morgan fingerprint density at radius 1 is 1.38 bits per heavy atom. The first-order chi connectivity index (χ1) is 7.72. The number of hydrogen-bond donors (Lipinski definition) is 2. The van der Waals surface area contributed by atoms with E-state index in [0.29, 0.717) is 11.7 Å². The maximum absolute atomic E-state index is 5.12. The molecule has 0 saturated heterocycles. The molecule has 1 rings (SSSR count). The van der Waals surface area contributed by atoms with Gasteiger partial charge in [-0.25, -0.2) is 0 Å². The van der Waals surface area contributed by atoms with Gasteiger partial charge in [-0.3, -0.25) is 0 Å². The van der Waals surface area contributed by atoms with E-state index in [0.717, 1.165) is 13.1 Å². The quantitative estimate of drug-likeness (QED) is 0.603. The van der Waals surface area contributed by atoms with Crippen LogP contribution in [0.1, 0.15) is 11.1 Å². The van der Waals surface area contributed by atoms with Gasteiger partial charge >= 0.3 is 0 Å². The number of rotatable bonds is 5. The smallest absolute Gasteiger partial charge is 0.166 e. The summed E-state index contributed by atoms with van der Waals surface area (Å²) in [5, 5.41) is 6.88. The van der Waals surface area contributed by atoms with E-state index < -0.39 is 0 Å². The minimum Gasteiger partial charge on any atom is -0.383 e. The van der Waals surface area contributed by atoms with Crippen LogP contribution in [0.4, 0.5) is 0 Å². The second-order valence-corrected chi connectivity index (χ2v) is 4.00. The number of aryl methyl sites for hydroxylation is 1. The average Bonchev–Trinajstić information content (AvgIpc) is 2.27. The van der Waals surface area contributed by atoms with Crippen LogP contribution >= 0.6 is 12.2 Å². The molecule has 0 unspecified atom stereocenters. The Balaban J connectivity index is 2.26. The molecule has 0 radical (unpaired) electrons. The molecule has 0 bridgehead atoms. The third-order valence-electron chi connectivity index (χ3n) is 2.13. The summed E-state index contributed by atoms with van der Waals surface area (Å²) in [6.07, 6.45) is 0. The van der Waals surface area contributed by atoms with Crippen LogP contribution in [0.5, 0.6) is 0 Å². The lowest BCUT2D eigenvalue weighted by Gasteiger charge is -2.10. The molecule has 16 heavy (non-hydrogen) atoms. The molecule has 0 aliphatic heterocycles. The minimum absolute atomic E-state index is 0.659. The molecule has 0 heterocycles. The van der Waals surface area contributed by atoms with Crippen LogP contribution in [0.3, 0.4) is 0 Å². The highest BCUT2D eigenvalue weighted by Gasteiger charge is 1.96. The molecule has 1 aromatic rings. The van der Waals surface area contributed by atoms with Gasteiger partial charge in [0.25, 0.3) is 0 Å². The summed E-state index contributed by atoms with van der Waals surface area (Å²) in [6.45, 7) is 4.22. The lowest BCUT2D eigenvalue weighted by molar-refractivity contribution is 0.204. The van der Waals surface area contributed by atoms with Crippen molar-refractivity contribution in [1.29, 1.82) is 0 Å². The number of nitrogens with one attached hydrogen (secondary N) is 2. The van der Waals surface area contributed by atoms with Crippen LogP contribution < -0.4 is 10.6 Å². The summed E-state index contributed by atoms with van der Waals surface area (Å²) in [6, 6.07) is 8.36. The summed E-state index contributed by atoms with van der Waals surface area (Å²) >= 11 is 5.12. The monoisotopic (exact) mass is 238 g/mol. The zero-order valence-corrected chi connectivity index (χ0v) is 10.6. The minimum atomic E-state index is 0.659.